The highest BCUT2D eigenvalue weighted by Gasteiger charge is 2.21. The highest BCUT2D eigenvalue weighted by molar-refractivity contribution is 6.26. The minimum absolute atomic E-state index is 0.576. The van der Waals surface area contributed by atoms with Crippen molar-refractivity contribution < 1.29 is 8.83 Å². The minimum atomic E-state index is 0.576. The summed E-state index contributed by atoms with van der Waals surface area (Å²) in [5.74, 6) is 1.78. The summed E-state index contributed by atoms with van der Waals surface area (Å²) in [6.07, 6.45) is 0. The molecule has 10 aromatic carbocycles. The molecule has 0 aliphatic rings. The summed E-state index contributed by atoms with van der Waals surface area (Å²) in [6.45, 7) is 0. The van der Waals surface area contributed by atoms with Gasteiger partial charge >= 0.3 is 0 Å². The fourth-order valence-corrected chi connectivity index (χ4v) is 9.50. The molecule has 0 atom stereocenters. The molecule has 0 aliphatic heterocycles. The standard InChI is InChI=1S/C57H33N3O2/c1-3-14-34(15-4-1)39-23-11-24-45-52-38(22-12-27-51(52)62-54(39)45)36-29-31-49-48(32-36)53-46(25-13-26-50(53)61-49)57-59-55(35-16-5-2-6-17-35)58-56(60-57)37-28-30-44-42-20-8-7-18-40(42)41-19-9-10-21-43(41)47(44)33-37/h1-33H. The fourth-order valence-electron chi connectivity index (χ4n) is 9.50. The second kappa shape index (κ2) is 13.6. The van der Waals surface area contributed by atoms with Crippen molar-refractivity contribution in [1.29, 1.82) is 0 Å². The SMILES string of the molecule is c1ccc(-c2nc(-c3ccc4c5ccccc5c5ccccc5c4c3)nc(-c3cccc4oc5ccc(-c6cccc7oc8c(-c9ccccc9)cccc8c67)cc5c34)n2)cc1. The van der Waals surface area contributed by atoms with Gasteiger partial charge in [0, 0.05) is 43.8 Å². The number of rotatable bonds is 5. The molecule has 5 nitrogen and oxygen atoms in total. The summed E-state index contributed by atoms with van der Waals surface area (Å²) in [7, 11) is 0. The van der Waals surface area contributed by atoms with Gasteiger partial charge in [-0.2, -0.15) is 0 Å². The predicted octanol–water partition coefficient (Wildman–Crippen LogP) is 15.5. The van der Waals surface area contributed by atoms with E-state index in [0.29, 0.717) is 17.5 Å². The third-order valence-electron chi connectivity index (χ3n) is 12.3. The Labute approximate surface area is 355 Å². The topological polar surface area (TPSA) is 65.0 Å². The van der Waals surface area contributed by atoms with Crippen molar-refractivity contribution in [2.75, 3.05) is 0 Å². The van der Waals surface area contributed by atoms with E-state index in [4.69, 9.17) is 23.8 Å². The van der Waals surface area contributed by atoms with Gasteiger partial charge in [0.2, 0.25) is 0 Å². The Bertz CT molecular complexity index is 3890. The van der Waals surface area contributed by atoms with Crippen molar-refractivity contribution in [1.82, 2.24) is 15.0 Å². The van der Waals surface area contributed by atoms with Crippen LogP contribution in [0.3, 0.4) is 0 Å². The number of nitrogens with zero attached hydrogens (tertiary/aromatic N) is 3. The van der Waals surface area contributed by atoms with Crippen LogP contribution in [0.5, 0.6) is 0 Å². The summed E-state index contributed by atoms with van der Waals surface area (Å²) < 4.78 is 13.2. The van der Waals surface area contributed by atoms with Crippen molar-refractivity contribution in [2.45, 2.75) is 0 Å². The summed E-state index contributed by atoms with van der Waals surface area (Å²) in [5, 5.41) is 11.3. The second-order valence-corrected chi connectivity index (χ2v) is 15.8. The zero-order valence-corrected chi connectivity index (χ0v) is 33.2. The summed E-state index contributed by atoms with van der Waals surface area (Å²) in [5.41, 5.74) is 10.3. The minimum Gasteiger partial charge on any atom is -0.456 e. The van der Waals surface area contributed by atoms with Gasteiger partial charge in [0.15, 0.2) is 17.5 Å². The molecular weight excluding hydrogens is 759 g/mol. The maximum Gasteiger partial charge on any atom is 0.164 e. The second-order valence-electron chi connectivity index (χ2n) is 15.8. The molecular formula is C57H33N3O2. The van der Waals surface area contributed by atoms with Gasteiger partial charge in [-0.05, 0) is 79.3 Å². The van der Waals surface area contributed by atoms with Gasteiger partial charge < -0.3 is 8.83 Å². The van der Waals surface area contributed by atoms with E-state index in [1.54, 1.807) is 0 Å². The molecule has 288 valence electrons. The molecule has 3 aromatic heterocycles. The Morgan fingerprint density at radius 2 is 0.758 bits per heavy atom. The van der Waals surface area contributed by atoms with E-state index in [1.807, 2.05) is 48.5 Å². The summed E-state index contributed by atoms with van der Waals surface area (Å²) in [4.78, 5) is 15.6. The van der Waals surface area contributed by atoms with Crippen LogP contribution < -0.4 is 0 Å². The molecule has 0 unspecified atom stereocenters. The fraction of sp³-hybridized carbons (Fsp3) is 0. The monoisotopic (exact) mass is 791 g/mol. The highest BCUT2D eigenvalue weighted by atomic mass is 16.3. The lowest BCUT2D eigenvalue weighted by Crippen LogP contribution is -2.00. The van der Waals surface area contributed by atoms with E-state index in [0.717, 1.165) is 88.2 Å². The highest BCUT2D eigenvalue weighted by Crippen LogP contribution is 2.44. The molecule has 13 aromatic rings. The molecule has 0 fully saturated rings. The molecule has 3 heterocycles. The quantitative estimate of drug-likeness (QED) is 0.162. The van der Waals surface area contributed by atoms with Gasteiger partial charge in [0.1, 0.15) is 22.3 Å². The maximum absolute atomic E-state index is 6.64. The van der Waals surface area contributed by atoms with Crippen molar-refractivity contribution >= 4 is 76.2 Å². The lowest BCUT2D eigenvalue weighted by molar-refractivity contribution is 0.669. The van der Waals surface area contributed by atoms with Crippen LogP contribution in [0, 0.1) is 0 Å². The Morgan fingerprint density at radius 1 is 0.258 bits per heavy atom. The molecule has 62 heavy (non-hydrogen) atoms. The van der Waals surface area contributed by atoms with Crippen LogP contribution in [0.4, 0.5) is 0 Å². The molecule has 5 heteroatoms. The van der Waals surface area contributed by atoms with Crippen LogP contribution in [0.2, 0.25) is 0 Å². The first-order valence-corrected chi connectivity index (χ1v) is 20.8. The van der Waals surface area contributed by atoms with Crippen LogP contribution >= 0.6 is 0 Å². The van der Waals surface area contributed by atoms with E-state index in [9.17, 15) is 0 Å². The van der Waals surface area contributed by atoms with Crippen molar-refractivity contribution in [3.63, 3.8) is 0 Å². The van der Waals surface area contributed by atoms with E-state index in [-0.39, 0.29) is 0 Å². The normalized spacial score (nSPS) is 11.9. The van der Waals surface area contributed by atoms with E-state index in [2.05, 4.69) is 152 Å². The molecule has 0 saturated heterocycles. The molecule has 0 aliphatic carbocycles. The average Bonchev–Trinajstić information content (AvgIpc) is 3.93. The van der Waals surface area contributed by atoms with E-state index < -0.39 is 0 Å². The first-order valence-electron chi connectivity index (χ1n) is 20.8. The van der Waals surface area contributed by atoms with Crippen LogP contribution in [0.15, 0.2) is 209 Å². The summed E-state index contributed by atoms with van der Waals surface area (Å²) in [6, 6.07) is 69.7. The zero-order valence-electron chi connectivity index (χ0n) is 33.2. The first kappa shape index (κ1) is 34.5. The van der Waals surface area contributed by atoms with Crippen molar-refractivity contribution in [3.8, 4) is 56.4 Å². The number of hydrogen-bond acceptors (Lipinski definition) is 5. The molecule has 0 spiro atoms. The van der Waals surface area contributed by atoms with E-state index >= 15 is 0 Å². The average molecular weight is 792 g/mol. The van der Waals surface area contributed by atoms with Gasteiger partial charge in [0.05, 0.1) is 0 Å². The van der Waals surface area contributed by atoms with Gasteiger partial charge in [-0.3, -0.25) is 0 Å². The third-order valence-corrected chi connectivity index (χ3v) is 12.3. The van der Waals surface area contributed by atoms with Crippen molar-refractivity contribution in [3.05, 3.63) is 200 Å². The zero-order chi connectivity index (χ0) is 40.7. The third kappa shape index (κ3) is 5.32. The Morgan fingerprint density at radius 3 is 1.48 bits per heavy atom. The summed E-state index contributed by atoms with van der Waals surface area (Å²) >= 11 is 0. The lowest BCUT2D eigenvalue weighted by atomic mass is 9.93. The van der Waals surface area contributed by atoms with Crippen LogP contribution in [0.25, 0.3) is 133 Å². The molecule has 0 saturated carbocycles. The molecule has 13 rings (SSSR count). The molecule has 0 amide bonds. The Balaban J connectivity index is 1.01. The number of benzene rings is 10. The molecule has 0 N–H and O–H groups in total. The smallest absolute Gasteiger partial charge is 0.164 e. The number of aromatic nitrogens is 3. The molecule has 0 radical (unpaired) electrons. The predicted molar refractivity (Wildman–Crippen MR) is 254 cm³/mol. The number of furan rings is 2. The number of hydrogen-bond donors (Lipinski definition) is 0. The molecule has 0 bridgehead atoms. The van der Waals surface area contributed by atoms with Gasteiger partial charge in [0.25, 0.3) is 0 Å². The van der Waals surface area contributed by atoms with Crippen molar-refractivity contribution in [2.24, 2.45) is 0 Å². The van der Waals surface area contributed by atoms with Gasteiger partial charge in [-0.15, -0.1) is 0 Å². The first-order chi connectivity index (χ1) is 30.7. The lowest BCUT2D eigenvalue weighted by Gasteiger charge is -2.13. The van der Waals surface area contributed by atoms with Crippen LogP contribution in [0.1, 0.15) is 0 Å². The van der Waals surface area contributed by atoms with E-state index in [1.165, 1.54) is 26.9 Å². The van der Waals surface area contributed by atoms with Gasteiger partial charge in [-0.25, -0.2) is 15.0 Å². The number of fused-ring (bicyclic) bond motifs is 12. The Kier molecular flexibility index (Phi) is 7.54. The number of para-hydroxylation sites is 1. The van der Waals surface area contributed by atoms with Crippen LogP contribution in [-0.2, 0) is 0 Å². The Hall–Kier alpha value is -8.41. The van der Waals surface area contributed by atoms with Crippen LogP contribution in [-0.4, -0.2) is 15.0 Å². The maximum atomic E-state index is 6.64. The van der Waals surface area contributed by atoms with Gasteiger partial charge in [-0.1, -0.05) is 170 Å². The largest absolute Gasteiger partial charge is 0.456 e.